The Morgan fingerprint density at radius 2 is 1.82 bits per heavy atom. The number of carbonyl (C=O) groups is 2. The van der Waals surface area contributed by atoms with Crippen LogP contribution in [-0.2, 0) is 26.8 Å². The van der Waals surface area contributed by atoms with E-state index in [2.05, 4.69) is 31.0 Å². The van der Waals surface area contributed by atoms with Gasteiger partial charge in [0, 0.05) is 47.1 Å². The predicted molar refractivity (Wildman–Crippen MR) is 147 cm³/mol. The molecule has 0 spiro atoms. The number of anilines is 2. The van der Waals surface area contributed by atoms with Crippen LogP contribution >= 0.6 is 39.1 Å². The highest BCUT2D eigenvalue weighted by Crippen LogP contribution is 2.44. The Bertz CT molecular complexity index is 1510. The fourth-order valence-corrected chi connectivity index (χ4v) is 6.74. The number of imidazole rings is 1. The standard InChI is InChI=1S/C24H23BrCl2N6O4S/c1-24(13-15-2-4-16(25)5-3-15)21(34)32(19-11-17(26)10-18(27)12-19)22-29-14-20(33(22)24)38(36,37)30-7-9-31-8-6-28-23(31)35/h2-5,10-12,14,30H,6-9,13H2,1H3,(H,28,35)/t24-/m1/s1. The van der Waals surface area contributed by atoms with Gasteiger partial charge in [-0.05, 0) is 42.8 Å². The summed E-state index contributed by atoms with van der Waals surface area (Å²) in [6.45, 7) is 2.90. The number of hydrogen-bond acceptors (Lipinski definition) is 5. The van der Waals surface area contributed by atoms with Crippen LogP contribution in [0.5, 0.6) is 0 Å². The number of benzene rings is 2. The average Bonchev–Trinajstić information content (AvgIpc) is 3.52. The molecule has 14 heteroatoms. The summed E-state index contributed by atoms with van der Waals surface area (Å²) in [6.07, 6.45) is 1.43. The van der Waals surface area contributed by atoms with Crippen LogP contribution in [0.4, 0.5) is 16.4 Å². The molecule has 2 N–H and O–H groups in total. The van der Waals surface area contributed by atoms with Crippen LogP contribution in [0.2, 0.25) is 10.0 Å². The summed E-state index contributed by atoms with van der Waals surface area (Å²) in [7, 11) is -4.11. The molecule has 1 atom stereocenters. The first-order chi connectivity index (χ1) is 18.0. The van der Waals surface area contributed by atoms with Crippen molar-refractivity contribution >= 4 is 72.7 Å². The molecular formula is C24H23BrCl2N6O4S. The van der Waals surface area contributed by atoms with E-state index < -0.39 is 15.6 Å². The van der Waals surface area contributed by atoms with Crippen LogP contribution in [0, 0.1) is 0 Å². The molecule has 2 aliphatic heterocycles. The molecule has 1 aromatic heterocycles. The zero-order valence-corrected chi connectivity index (χ0v) is 24.0. The van der Waals surface area contributed by atoms with Crippen molar-refractivity contribution in [2.45, 2.75) is 23.9 Å². The van der Waals surface area contributed by atoms with Crippen molar-refractivity contribution in [1.29, 1.82) is 0 Å². The van der Waals surface area contributed by atoms with Gasteiger partial charge in [-0.2, -0.15) is 0 Å². The van der Waals surface area contributed by atoms with E-state index in [-0.39, 0.29) is 42.4 Å². The molecule has 38 heavy (non-hydrogen) atoms. The summed E-state index contributed by atoms with van der Waals surface area (Å²) in [5, 5.41) is 3.15. The topological polar surface area (TPSA) is 117 Å². The zero-order valence-electron chi connectivity index (χ0n) is 20.1. The molecule has 0 radical (unpaired) electrons. The van der Waals surface area contributed by atoms with Crippen LogP contribution in [-0.4, -0.2) is 61.0 Å². The normalized spacial score (nSPS) is 19.3. The van der Waals surface area contributed by atoms with Gasteiger partial charge in [0.25, 0.3) is 15.9 Å². The van der Waals surface area contributed by atoms with Gasteiger partial charge in [-0.3, -0.25) is 9.36 Å². The summed E-state index contributed by atoms with van der Waals surface area (Å²) < 4.78 is 31.8. The molecule has 5 rings (SSSR count). The molecule has 0 unspecified atom stereocenters. The van der Waals surface area contributed by atoms with Gasteiger partial charge in [0.05, 0.1) is 11.9 Å². The molecule has 1 saturated heterocycles. The second-order valence-electron chi connectivity index (χ2n) is 9.19. The maximum absolute atomic E-state index is 14.0. The number of carbonyl (C=O) groups excluding carboxylic acids is 2. The van der Waals surface area contributed by atoms with E-state index in [0.29, 0.717) is 28.8 Å². The number of halogens is 3. The van der Waals surface area contributed by atoms with Crippen molar-refractivity contribution < 1.29 is 18.0 Å². The molecule has 3 amide bonds. The van der Waals surface area contributed by atoms with E-state index >= 15 is 0 Å². The van der Waals surface area contributed by atoms with Gasteiger partial charge < -0.3 is 10.2 Å². The van der Waals surface area contributed by atoms with E-state index in [0.717, 1.165) is 10.0 Å². The van der Waals surface area contributed by atoms with Gasteiger partial charge in [-0.1, -0.05) is 51.3 Å². The van der Waals surface area contributed by atoms with Crippen LogP contribution in [0.25, 0.3) is 0 Å². The van der Waals surface area contributed by atoms with Gasteiger partial charge in [-0.15, -0.1) is 0 Å². The second kappa shape index (κ2) is 10.2. The van der Waals surface area contributed by atoms with Gasteiger partial charge in [0.1, 0.15) is 5.54 Å². The molecule has 2 aromatic carbocycles. The first-order valence-corrected chi connectivity index (χ1v) is 14.7. The number of nitrogens with zero attached hydrogens (tertiary/aromatic N) is 4. The highest BCUT2D eigenvalue weighted by Gasteiger charge is 2.51. The molecule has 0 aliphatic carbocycles. The van der Waals surface area contributed by atoms with E-state index in [4.69, 9.17) is 23.2 Å². The number of amides is 3. The van der Waals surface area contributed by atoms with Crippen LogP contribution in [0.1, 0.15) is 12.5 Å². The lowest BCUT2D eigenvalue weighted by Gasteiger charge is -2.27. The van der Waals surface area contributed by atoms with Gasteiger partial charge in [0.15, 0.2) is 5.03 Å². The van der Waals surface area contributed by atoms with Crippen LogP contribution < -0.4 is 14.9 Å². The van der Waals surface area contributed by atoms with Crippen LogP contribution in [0.3, 0.4) is 0 Å². The third-order valence-corrected chi connectivity index (χ3v) is 8.92. The lowest BCUT2D eigenvalue weighted by Crippen LogP contribution is -2.43. The monoisotopic (exact) mass is 640 g/mol. The zero-order chi connectivity index (χ0) is 27.2. The van der Waals surface area contributed by atoms with Gasteiger partial charge in [-0.25, -0.2) is 27.8 Å². The Kier molecular flexibility index (Phi) is 7.20. The Morgan fingerprint density at radius 3 is 2.45 bits per heavy atom. The first-order valence-electron chi connectivity index (χ1n) is 11.7. The Labute approximate surface area is 238 Å². The van der Waals surface area contributed by atoms with E-state index in [1.54, 1.807) is 25.1 Å². The largest absolute Gasteiger partial charge is 0.336 e. The Balaban J connectivity index is 1.55. The highest BCUT2D eigenvalue weighted by molar-refractivity contribution is 9.10. The summed E-state index contributed by atoms with van der Waals surface area (Å²) in [4.78, 5) is 33.1. The number of urea groups is 1. The molecule has 3 heterocycles. The summed E-state index contributed by atoms with van der Waals surface area (Å²) >= 11 is 15.9. The maximum atomic E-state index is 14.0. The molecule has 10 nitrogen and oxygen atoms in total. The summed E-state index contributed by atoms with van der Waals surface area (Å²) in [5.41, 5.74) is -0.144. The minimum absolute atomic E-state index is 0.00124. The fraction of sp³-hybridized carbons (Fsp3) is 0.292. The number of hydrogen-bond donors (Lipinski definition) is 2. The summed E-state index contributed by atoms with van der Waals surface area (Å²) in [6, 6.07) is 11.9. The highest BCUT2D eigenvalue weighted by atomic mass is 79.9. The molecular weight excluding hydrogens is 619 g/mol. The first kappa shape index (κ1) is 26.9. The maximum Gasteiger partial charge on any atom is 0.317 e. The number of nitrogens with one attached hydrogen (secondary N) is 2. The summed E-state index contributed by atoms with van der Waals surface area (Å²) in [5.74, 6) is -0.251. The third kappa shape index (κ3) is 4.91. The molecule has 200 valence electrons. The van der Waals surface area contributed by atoms with E-state index in [1.165, 1.54) is 20.6 Å². The number of rotatable bonds is 8. The molecule has 0 saturated carbocycles. The number of aromatic nitrogens is 2. The number of sulfonamides is 1. The molecule has 3 aromatic rings. The lowest BCUT2D eigenvalue weighted by atomic mass is 9.92. The fourth-order valence-electron chi connectivity index (χ4n) is 4.73. The van der Waals surface area contributed by atoms with E-state index in [1.807, 2.05) is 24.3 Å². The van der Waals surface area contributed by atoms with Crippen LogP contribution in [0.15, 0.2) is 58.2 Å². The SMILES string of the molecule is C[C@@]1(Cc2ccc(Br)cc2)C(=O)N(c2cc(Cl)cc(Cl)c2)c2ncc(S(=O)(=O)NCCN3CCNC3=O)n21. The Hall–Kier alpha value is -2.64. The van der Waals surface area contributed by atoms with Crippen molar-refractivity contribution in [2.24, 2.45) is 0 Å². The second-order valence-corrected chi connectivity index (χ2v) is 12.7. The molecule has 2 aliphatic rings. The van der Waals surface area contributed by atoms with Crippen molar-refractivity contribution in [3.05, 3.63) is 68.7 Å². The number of fused-ring (bicyclic) bond motifs is 1. The predicted octanol–water partition coefficient (Wildman–Crippen LogP) is 3.89. The van der Waals surface area contributed by atoms with Gasteiger partial charge >= 0.3 is 6.03 Å². The van der Waals surface area contributed by atoms with Crippen molar-refractivity contribution in [3.8, 4) is 0 Å². The van der Waals surface area contributed by atoms with Gasteiger partial charge in [0.2, 0.25) is 5.95 Å². The molecule has 1 fully saturated rings. The minimum Gasteiger partial charge on any atom is -0.336 e. The quantitative estimate of drug-likeness (QED) is 0.387. The lowest BCUT2D eigenvalue weighted by molar-refractivity contribution is -0.124. The Morgan fingerprint density at radius 1 is 1.13 bits per heavy atom. The molecule has 0 bridgehead atoms. The van der Waals surface area contributed by atoms with E-state index in [9.17, 15) is 18.0 Å². The smallest absolute Gasteiger partial charge is 0.317 e. The van der Waals surface area contributed by atoms with Crippen molar-refractivity contribution in [1.82, 2.24) is 24.5 Å². The van der Waals surface area contributed by atoms with Crippen molar-refractivity contribution in [3.63, 3.8) is 0 Å². The average molecular weight is 642 g/mol. The third-order valence-electron chi connectivity index (χ3n) is 6.53. The van der Waals surface area contributed by atoms with Crippen molar-refractivity contribution in [2.75, 3.05) is 31.1 Å². The minimum atomic E-state index is -4.11.